The molecule has 0 bridgehead atoms. The van der Waals surface area contributed by atoms with Crippen LogP contribution in [0.1, 0.15) is 40.2 Å². The molecule has 0 spiro atoms. The van der Waals surface area contributed by atoms with Gasteiger partial charge in [0.15, 0.2) is 0 Å². The van der Waals surface area contributed by atoms with E-state index < -0.39 is 0 Å². The molecule has 1 fully saturated rings. The molecule has 0 saturated carbocycles. The van der Waals surface area contributed by atoms with Crippen molar-refractivity contribution in [1.29, 1.82) is 0 Å². The van der Waals surface area contributed by atoms with Gasteiger partial charge in [-0.15, -0.1) is 0 Å². The first-order chi connectivity index (χ1) is 14.0. The molecule has 150 valence electrons. The van der Waals surface area contributed by atoms with E-state index in [9.17, 15) is 9.18 Å². The molecule has 1 amide bonds. The first-order valence-electron chi connectivity index (χ1n) is 9.95. The summed E-state index contributed by atoms with van der Waals surface area (Å²) in [6.07, 6.45) is 2.52. The van der Waals surface area contributed by atoms with Crippen molar-refractivity contribution in [3.05, 3.63) is 70.9 Å². The van der Waals surface area contributed by atoms with E-state index in [-0.39, 0.29) is 23.5 Å². The van der Waals surface area contributed by atoms with Gasteiger partial charge in [-0.05, 0) is 68.0 Å². The molecule has 0 radical (unpaired) electrons. The van der Waals surface area contributed by atoms with Crippen LogP contribution in [0.2, 0.25) is 0 Å². The minimum absolute atomic E-state index is 0.0652. The minimum Gasteiger partial charge on any atom is -0.339 e. The summed E-state index contributed by atoms with van der Waals surface area (Å²) in [7, 11) is 0. The van der Waals surface area contributed by atoms with E-state index in [1.165, 1.54) is 11.6 Å². The number of nitrogens with zero attached hydrogens (tertiary/aromatic N) is 3. The Morgan fingerprint density at radius 1 is 1.21 bits per heavy atom. The summed E-state index contributed by atoms with van der Waals surface area (Å²) < 4.78 is 19.3. The van der Waals surface area contributed by atoms with Gasteiger partial charge in [-0.2, -0.15) is 4.98 Å². The second-order valence-electron chi connectivity index (χ2n) is 7.75. The SMILES string of the molecule is Cc1ccc(C(=O)N2CCCC(Cc3nc(-c4ccccc4F)no3)C2)cc1C. The summed E-state index contributed by atoms with van der Waals surface area (Å²) in [5, 5.41) is 3.93. The largest absolute Gasteiger partial charge is 0.339 e. The Morgan fingerprint density at radius 2 is 2.03 bits per heavy atom. The molecule has 1 unspecified atom stereocenters. The number of carbonyl (C=O) groups excluding carboxylic acids is 1. The Balaban J connectivity index is 1.43. The van der Waals surface area contributed by atoms with E-state index in [0.29, 0.717) is 24.4 Å². The van der Waals surface area contributed by atoms with Gasteiger partial charge in [-0.1, -0.05) is 23.4 Å². The molecule has 1 aliphatic rings. The van der Waals surface area contributed by atoms with Crippen LogP contribution in [0, 0.1) is 25.6 Å². The number of likely N-dealkylation sites (tertiary alicyclic amines) is 1. The van der Waals surface area contributed by atoms with E-state index in [0.717, 1.165) is 30.5 Å². The maximum atomic E-state index is 13.9. The molecule has 0 aliphatic carbocycles. The van der Waals surface area contributed by atoms with Crippen molar-refractivity contribution in [2.75, 3.05) is 13.1 Å². The molecular formula is C23H24FN3O2. The molecule has 2 aromatic carbocycles. The zero-order valence-corrected chi connectivity index (χ0v) is 16.7. The van der Waals surface area contributed by atoms with E-state index in [1.54, 1.807) is 18.2 Å². The number of aromatic nitrogens is 2. The van der Waals surface area contributed by atoms with Gasteiger partial charge in [0.05, 0.1) is 5.56 Å². The molecule has 29 heavy (non-hydrogen) atoms. The second kappa shape index (κ2) is 8.15. The molecule has 0 N–H and O–H groups in total. The van der Waals surface area contributed by atoms with Crippen molar-refractivity contribution in [2.45, 2.75) is 33.1 Å². The highest BCUT2D eigenvalue weighted by Gasteiger charge is 2.26. The Morgan fingerprint density at radius 3 is 2.83 bits per heavy atom. The molecule has 5 nitrogen and oxygen atoms in total. The predicted molar refractivity (Wildman–Crippen MR) is 108 cm³/mol. The number of halogens is 1. The molecule has 4 rings (SSSR count). The molecular weight excluding hydrogens is 369 g/mol. The third-order valence-corrected chi connectivity index (χ3v) is 5.61. The highest BCUT2D eigenvalue weighted by atomic mass is 19.1. The average molecular weight is 393 g/mol. The summed E-state index contributed by atoms with van der Waals surface area (Å²) >= 11 is 0. The summed E-state index contributed by atoms with van der Waals surface area (Å²) in [4.78, 5) is 19.2. The molecule has 1 aromatic heterocycles. The number of hydrogen-bond acceptors (Lipinski definition) is 4. The average Bonchev–Trinajstić information content (AvgIpc) is 3.18. The summed E-state index contributed by atoms with van der Waals surface area (Å²) in [6.45, 7) is 5.48. The third-order valence-electron chi connectivity index (χ3n) is 5.61. The van der Waals surface area contributed by atoms with Gasteiger partial charge in [0.25, 0.3) is 5.91 Å². The van der Waals surface area contributed by atoms with Crippen LogP contribution in [0.15, 0.2) is 47.0 Å². The van der Waals surface area contributed by atoms with Crippen LogP contribution in [0.5, 0.6) is 0 Å². The van der Waals surface area contributed by atoms with Crippen LogP contribution in [0.3, 0.4) is 0 Å². The first kappa shape index (κ1) is 19.3. The predicted octanol–water partition coefficient (Wildman–Crippen LogP) is 4.59. The summed E-state index contributed by atoms with van der Waals surface area (Å²) in [5.41, 5.74) is 3.36. The molecule has 1 aliphatic heterocycles. The fourth-order valence-electron chi connectivity index (χ4n) is 3.81. The summed E-state index contributed by atoms with van der Waals surface area (Å²) in [6, 6.07) is 12.2. The van der Waals surface area contributed by atoms with Gasteiger partial charge in [-0.3, -0.25) is 4.79 Å². The Bertz CT molecular complexity index is 1030. The zero-order chi connectivity index (χ0) is 20.4. The number of amides is 1. The van der Waals surface area contributed by atoms with E-state index in [4.69, 9.17) is 4.52 Å². The van der Waals surface area contributed by atoms with Crippen LogP contribution >= 0.6 is 0 Å². The topological polar surface area (TPSA) is 59.2 Å². The quantitative estimate of drug-likeness (QED) is 0.651. The van der Waals surface area contributed by atoms with Crippen LogP contribution < -0.4 is 0 Å². The first-order valence-corrected chi connectivity index (χ1v) is 9.95. The minimum atomic E-state index is -0.373. The van der Waals surface area contributed by atoms with Crippen LogP contribution in [0.25, 0.3) is 11.4 Å². The molecule has 6 heteroatoms. The van der Waals surface area contributed by atoms with Gasteiger partial charge < -0.3 is 9.42 Å². The second-order valence-corrected chi connectivity index (χ2v) is 7.75. The van der Waals surface area contributed by atoms with Gasteiger partial charge in [0.1, 0.15) is 5.82 Å². The highest BCUT2D eigenvalue weighted by molar-refractivity contribution is 5.94. The van der Waals surface area contributed by atoms with E-state index in [1.807, 2.05) is 36.9 Å². The zero-order valence-electron chi connectivity index (χ0n) is 16.7. The van der Waals surface area contributed by atoms with Crippen molar-refractivity contribution in [3.8, 4) is 11.4 Å². The lowest BCUT2D eigenvalue weighted by Crippen LogP contribution is -2.40. The lowest BCUT2D eigenvalue weighted by atomic mass is 9.94. The van der Waals surface area contributed by atoms with Crippen LogP contribution in [0.4, 0.5) is 4.39 Å². The maximum Gasteiger partial charge on any atom is 0.253 e. The number of aryl methyl sites for hydroxylation is 2. The van der Waals surface area contributed by atoms with Crippen molar-refractivity contribution >= 4 is 5.91 Å². The van der Waals surface area contributed by atoms with Gasteiger partial charge in [0, 0.05) is 25.1 Å². The number of piperidine rings is 1. The lowest BCUT2D eigenvalue weighted by Gasteiger charge is -2.32. The number of rotatable bonds is 4. The maximum absolute atomic E-state index is 13.9. The summed E-state index contributed by atoms with van der Waals surface area (Å²) in [5.74, 6) is 0.678. The molecule has 1 saturated heterocycles. The van der Waals surface area contributed by atoms with Crippen molar-refractivity contribution in [1.82, 2.24) is 15.0 Å². The van der Waals surface area contributed by atoms with Gasteiger partial charge in [-0.25, -0.2) is 4.39 Å². The van der Waals surface area contributed by atoms with Gasteiger partial charge in [0.2, 0.25) is 11.7 Å². The number of carbonyl (C=O) groups is 1. The van der Waals surface area contributed by atoms with E-state index >= 15 is 0 Å². The van der Waals surface area contributed by atoms with E-state index in [2.05, 4.69) is 10.1 Å². The Labute approximate surface area is 169 Å². The molecule has 1 atom stereocenters. The normalized spacial score (nSPS) is 16.8. The van der Waals surface area contributed by atoms with Gasteiger partial charge >= 0.3 is 0 Å². The standard InChI is InChI=1S/C23H24FN3O2/c1-15-9-10-18(12-16(15)2)23(28)27-11-5-6-17(14-27)13-21-25-22(26-29-21)19-7-3-4-8-20(19)24/h3-4,7-10,12,17H,5-6,11,13-14H2,1-2H3. The number of benzene rings is 2. The van der Waals surface area contributed by atoms with Crippen molar-refractivity contribution in [3.63, 3.8) is 0 Å². The third kappa shape index (κ3) is 4.21. The monoisotopic (exact) mass is 393 g/mol. The van der Waals surface area contributed by atoms with Crippen LogP contribution in [-0.4, -0.2) is 34.0 Å². The molecule has 3 aromatic rings. The highest BCUT2D eigenvalue weighted by Crippen LogP contribution is 2.24. The Kier molecular flexibility index (Phi) is 5.43. The lowest BCUT2D eigenvalue weighted by molar-refractivity contribution is 0.0668. The fraction of sp³-hybridized carbons (Fsp3) is 0.348. The smallest absolute Gasteiger partial charge is 0.253 e. The fourth-order valence-corrected chi connectivity index (χ4v) is 3.81. The number of hydrogen-bond donors (Lipinski definition) is 0. The Hall–Kier alpha value is -3.02. The molecule has 2 heterocycles. The van der Waals surface area contributed by atoms with Crippen molar-refractivity contribution in [2.24, 2.45) is 5.92 Å². The van der Waals surface area contributed by atoms with Crippen molar-refractivity contribution < 1.29 is 13.7 Å². The van der Waals surface area contributed by atoms with Crippen LogP contribution in [-0.2, 0) is 6.42 Å².